The lowest BCUT2D eigenvalue weighted by atomic mass is 9.91. The van der Waals surface area contributed by atoms with Crippen LogP contribution in [-0.2, 0) is 0 Å². The zero-order valence-corrected chi connectivity index (χ0v) is 12.4. The summed E-state index contributed by atoms with van der Waals surface area (Å²) in [4.78, 5) is 12.6. The molecular weight excluding hydrogens is 260 g/mol. The maximum absolute atomic E-state index is 12.6. The Morgan fingerprint density at radius 2 is 1.62 bits per heavy atom. The van der Waals surface area contributed by atoms with E-state index in [1.165, 1.54) is 0 Å². The number of carbonyl (C=O) groups is 1. The minimum absolute atomic E-state index is 0.0553. The topological polar surface area (TPSA) is 41.1 Å². The summed E-state index contributed by atoms with van der Waals surface area (Å²) >= 11 is 0. The molecule has 1 amide bonds. The van der Waals surface area contributed by atoms with Gasteiger partial charge in [-0.05, 0) is 49.6 Å². The molecule has 1 fully saturated rings. The van der Waals surface area contributed by atoms with Crippen LogP contribution in [0, 0.1) is 0 Å². The van der Waals surface area contributed by atoms with Gasteiger partial charge in [0.2, 0.25) is 0 Å². The highest BCUT2D eigenvalue weighted by Crippen LogP contribution is 2.21. The summed E-state index contributed by atoms with van der Waals surface area (Å²) < 4.78 is 0. The molecule has 2 N–H and O–H groups in total. The minimum atomic E-state index is 0.0553. The molecule has 0 saturated heterocycles. The van der Waals surface area contributed by atoms with E-state index in [-0.39, 0.29) is 5.91 Å². The number of nitrogens with one attached hydrogen (secondary N) is 2. The first-order chi connectivity index (χ1) is 10.3. The van der Waals surface area contributed by atoms with E-state index in [1.807, 2.05) is 49.5 Å². The van der Waals surface area contributed by atoms with Crippen LogP contribution in [0.15, 0.2) is 42.5 Å². The molecule has 110 valence electrons. The van der Waals surface area contributed by atoms with E-state index >= 15 is 0 Å². The van der Waals surface area contributed by atoms with Crippen molar-refractivity contribution in [3.8, 4) is 0 Å². The summed E-state index contributed by atoms with van der Waals surface area (Å²) in [7, 11) is 2.01. The lowest BCUT2D eigenvalue weighted by Crippen LogP contribution is -2.41. The lowest BCUT2D eigenvalue weighted by molar-refractivity contribution is 0.0926. The number of hydrogen-bond acceptors (Lipinski definition) is 2. The van der Waals surface area contributed by atoms with Crippen molar-refractivity contribution in [2.45, 2.75) is 37.8 Å². The molecule has 2 aromatic rings. The van der Waals surface area contributed by atoms with Gasteiger partial charge in [-0.2, -0.15) is 0 Å². The van der Waals surface area contributed by atoms with Gasteiger partial charge in [-0.3, -0.25) is 4.79 Å². The third kappa shape index (κ3) is 3.08. The summed E-state index contributed by atoms with van der Waals surface area (Å²) in [5.41, 5.74) is 0.781. The van der Waals surface area contributed by atoms with Gasteiger partial charge in [0.15, 0.2) is 0 Å². The van der Waals surface area contributed by atoms with Crippen molar-refractivity contribution in [1.29, 1.82) is 0 Å². The van der Waals surface area contributed by atoms with Gasteiger partial charge in [-0.1, -0.05) is 36.4 Å². The molecule has 0 spiro atoms. The van der Waals surface area contributed by atoms with Gasteiger partial charge in [0.1, 0.15) is 0 Å². The molecule has 3 heteroatoms. The minimum Gasteiger partial charge on any atom is -0.349 e. The molecule has 0 aliphatic heterocycles. The number of amides is 1. The second-order valence-electron chi connectivity index (χ2n) is 5.84. The molecule has 0 atom stereocenters. The smallest absolute Gasteiger partial charge is 0.252 e. The van der Waals surface area contributed by atoms with Crippen LogP contribution in [-0.4, -0.2) is 25.0 Å². The van der Waals surface area contributed by atoms with E-state index in [0.29, 0.717) is 12.1 Å². The number of benzene rings is 2. The first-order valence-electron chi connectivity index (χ1n) is 7.74. The fourth-order valence-corrected chi connectivity index (χ4v) is 3.21. The highest BCUT2D eigenvalue weighted by Gasteiger charge is 2.22. The average molecular weight is 282 g/mol. The molecule has 1 aliphatic rings. The van der Waals surface area contributed by atoms with Crippen LogP contribution in [0.2, 0.25) is 0 Å². The highest BCUT2D eigenvalue weighted by atomic mass is 16.1. The number of fused-ring (bicyclic) bond motifs is 1. The average Bonchev–Trinajstić information content (AvgIpc) is 2.55. The summed E-state index contributed by atoms with van der Waals surface area (Å²) in [6.45, 7) is 0. The first-order valence-corrected chi connectivity index (χ1v) is 7.74. The molecule has 3 nitrogen and oxygen atoms in total. The first kappa shape index (κ1) is 14.1. The largest absolute Gasteiger partial charge is 0.349 e. The monoisotopic (exact) mass is 282 g/mol. The van der Waals surface area contributed by atoms with Gasteiger partial charge in [0.05, 0.1) is 0 Å². The third-order valence-electron chi connectivity index (χ3n) is 4.50. The Morgan fingerprint density at radius 3 is 2.38 bits per heavy atom. The number of hydrogen-bond donors (Lipinski definition) is 2. The Bertz CT molecular complexity index is 625. The van der Waals surface area contributed by atoms with Gasteiger partial charge in [-0.15, -0.1) is 0 Å². The molecule has 0 aromatic heterocycles. The van der Waals surface area contributed by atoms with Gasteiger partial charge in [0.25, 0.3) is 5.91 Å². The molecule has 21 heavy (non-hydrogen) atoms. The quantitative estimate of drug-likeness (QED) is 0.908. The van der Waals surface area contributed by atoms with E-state index in [2.05, 4.69) is 10.6 Å². The van der Waals surface area contributed by atoms with Gasteiger partial charge in [-0.25, -0.2) is 0 Å². The van der Waals surface area contributed by atoms with E-state index in [0.717, 1.165) is 42.0 Å². The molecular formula is C18H22N2O. The molecule has 0 heterocycles. The molecule has 2 aromatic carbocycles. The van der Waals surface area contributed by atoms with Crippen molar-refractivity contribution >= 4 is 16.7 Å². The van der Waals surface area contributed by atoms with Crippen LogP contribution in [0.3, 0.4) is 0 Å². The molecule has 0 radical (unpaired) electrons. The van der Waals surface area contributed by atoms with Crippen LogP contribution in [0.1, 0.15) is 36.0 Å². The Morgan fingerprint density at radius 1 is 0.952 bits per heavy atom. The normalized spacial score (nSPS) is 22.1. The maximum Gasteiger partial charge on any atom is 0.252 e. The van der Waals surface area contributed by atoms with Crippen molar-refractivity contribution < 1.29 is 4.79 Å². The van der Waals surface area contributed by atoms with Crippen molar-refractivity contribution in [1.82, 2.24) is 10.6 Å². The Labute approximate surface area is 125 Å². The van der Waals surface area contributed by atoms with Crippen LogP contribution >= 0.6 is 0 Å². The van der Waals surface area contributed by atoms with Crippen LogP contribution in [0.25, 0.3) is 10.8 Å². The summed E-state index contributed by atoms with van der Waals surface area (Å²) in [6, 6.07) is 14.9. The second kappa shape index (κ2) is 6.27. The molecule has 0 unspecified atom stereocenters. The lowest BCUT2D eigenvalue weighted by Gasteiger charge is -2.28. The summed E-state index contributed by atoms with van der Waals surface area (Å²) in [5, 5.41) is 8.67. The van der Waals surface area contributed by atoms with Crippen molar-refractivity contribution in [2.75, 3.05) is 7.05 Å². The van der Waals surface area contributed by atoms with Crippen LogP contribution < -0.4 is 10.6 Å². The maximum atomic E-state index is 12.6. The fraction of sp³-hybridized carbons (Fsp3) is 0.389. The molecule has 1 aliphatic carbocycles. The fourth-order valence-electron chi connectivity index (χ4n) is 3.21. The van der Waals surface area contributed by atoms with Crippen molar-refractivity contribution in [2.24, 2.45) is 0 Å². The standard InChI is InChI=1S/C18H22N2O/c1-19-14-9-11-15(12-10-14)20-18(21)17-8-4-6-13-5-2-3-7-16(13)17/h2-8,14-15,19H,9-12H2,1H3,(H,20,21). The van der Waals surface area contributed by atoms with Gasteiger partial charge >= 0.3 is 0 Å². The molecule has 3 rings (SSSR count). The Balaban J connectivity index is 1.73. The Hall–Kier alpha value is -1.87. The second-order valence-corrected chi connectivity index (χ2v) is 5.84. The number of rotatable bonds is 3. The van der Waals surface area contributed by atoms with E-state index in [1.54, 1.807) is 0 Å². The zero-order valence-electron chi connectivity index (χ0n) is 12.4. The highest BCUT2D eigenvalue weighted by molar-refractivity contribution is 6.07. The Kier molecular flexibility index (Phi) is 4.20. The van der Waals surface area contributed by atoms with Crippen LogP contribution in [0.4, 0.5) is 0 Å². The summed E-state index contributed by atoms with van der Waals surface area (Å²) in [6.07, 6.45) is 4.39. The van der Waals surface area contributed by atoms with Crippen LogP contribution in [0.5, 0.6) is 0 Å². The van der Waals surface area contributed by atoms with Crippen molar-refractivity contribution in [3.05, 3.63) is 48.0 Å². The van der Waals surface area contributed by atoms with E-state index in [9.17, 15) is 4.79 Å². The van der Waals surface area contributed by atoms with Gasteiger partial charge in [0, 0.05) is 17.6 Å². The van der Waals surface area contributed by atoms with Crippen molar-refractivity contribution in [3.63, 3.8) is 0 Å². The summed E-state index contributed by atoms with van der Waals surface area (Å²) in [5.74, 6) is 0.0553. The molecule has 0 bridgehead atoms. The van der Waals surface area contributed by atoms with E-state index in [4.69, 9.17) is 0 Å². The zero-order chi connectivity index (χ0) is 14.7. The molecule has 1 saturated carbocycles. The predicted octanol–water partition coefficient (Wildman–Crippen LogP) is 3.10. The SMILES string of the molecule is CNC1CCC(NC(=O)c2cccc3ccccc23)CC1. The predicted molar refractivity (Wildman–Crippen MR) is 86.5 cm³/mol. The van der Waals surface area contributed by atoms with Gasteiger partial charge < -0.3 is 10.6 Å². The van der Waals surface area contributed by atoms with E-state index < -0.39 is 0 Å². The third-order valence-corrected chi connectivity index (χ3v) is 4.50. The number of carbonyl (C=O) groups excluding carboxylic acids is 1.